The molecular weight excluding hydrogens is 284 g/mol. The van der Waals surface area contributed by atoms with Gasteiger partial charge in [0.15, 0.2) is 0 Å². The summed E-state index contributed by atoms with van der Waals surface area (Å²) < 4.78 is 10.6. The van der Waals surface area contributed by atoms with Gasteiger partial charge in [0.1, 0.15) is 17.5 Å². The summed E-state index contributed by atoms with van der Waals surface area (Å²) in [5, 5.41) is 9.07. The van der Waals surface area contributed by atoms with Crippen LogP contribution in [0.3, 0.4) is 0 Å². The molecule has 0 aliphatic carbocycles. The third-order valence-electron chi connectivity index (χ3n) is 4.13. The molecule has 1 aromatic carbocycles. The molecule has 0 saturated carbocycles. The van der Waals surface area contributed by atoms with E-state index in [1.807, 2.05) is 23.1 Å². The summed E-state index contributed by atoms with van der Waals surface area (Å²) in [5.41, 5.74) is 1.14. The van der Waals surface area contributed by atoms with Crippen LogP contribution in [0.15, 0.2) is 18.2 Å². The van der Waals surface area contributed by atoms with Gasteiger partial charge >= 0.3 is 5.97 Å². The molecule has 0 bridgehead atoms. The predicted molar refractivity (Wildman–Crippen MR) is 83.5 cm³/mol. The number of piperazine rings is 1. The van der Waals surface area contributed by atoms with E-state index in [1.54, 1.807) is 21.1 Å². The number of nitrogens with zero attached hydrogens (tertiary/aromatic N) is 2. The lowest BCUT2D eigenvalue weighted by Gasteiger charge is -2.36. The van der Waals surface area contributed by atoms with E-state index in [4.69, 9.17) is 14.6 Å². The van der Waals surface area contributed by atoms with Crippen LogP contribution in [0.1, 0.15) is 12.5 Å². The Kier molecular flexibility index (Phi) is 5.63. The number of carboxylic acids is 1. The molecule has 2 rings (SSSR count). The van der Waals surface area contributed by atoms with Crippen LogP contribution >= 0.6 is 0 Å². The Balaban J connectivity index is 1.94. The fraction of sp³-hybridized carbons (Fsp3) is 0.562. The summed E-state index contributed by atoms with van der Waals surface area (Å²) in [5.74, 6) is 0.811. The van der Waals surface area contributed by atoms with Crippen LogP contribution in [-0.4, -0.2) is 67.3 Å². The lowest BCUT2D eigenvalue weighted by molar-refractivity contribution is -0.143. The van der Waals surface area contributed by atoms with E-state index >= 15 is 0 Å². The highest BCUT2D eigenvalue weighted by Gasteiger charge is 2.25. The molecule has 122 valence electrons. The molecule has 0 radical (unpaired) electrons. The van der Waals surface area contributed by atoms with Crippen LogP contribution in [0, 0.1) is 0 Å². The number of carbonyl (C=O) groups is 1. The Bertz CT molecular complexity index is 491. The number of hydrogen-bond donors (Lipinski definition) is 1. The van der Waals surface area contributed by atoms with E-state index in [2.05, 4.69) is 4.90 Å². The summed E-state index contributed by atoms with van der Waals surface area (Å²) in [7, 11) is 3.29. The van der Waals surface area contributed by atoms with Crippen LogP contribution in [0.5, 0.6) is 11.5 Å². The minimum Gasteiger partial charge on any atom is -0.497 e. The minimum absolute atomic E-state index is 0.418. The Morgan fingerprint density at radius 1 is 1.14 bits per heavy atom. The van der Waals surface area contributed by atoms with Crippen LogP contribution in [0.4, 0.5) is 0 Å². The third-order valence-corrected chi connectivity index (χ3v) is 4.13. The SMILES string of the molecule is COc1cc(CN2CCN([C@@H](C)C(=O)O)CC2)cc(OC)c1. The summed E-state index contributed by atoms with van der Waals surface area (Å²) in [6.45, 7) is 5.81. The molecule has 1 aliphatic rings. The zero-order chi connectivity index (χ0) is 16.1. The highest BCUT2D eigenvalue weighted by atomic mass is 16.5. The molecule has 6 heteroatoms. The van der Waals surface area contributed by atoms with Crippen LogP contribution in [-0.2, 0) is 11.3 Å². The van der Waals surface area contributed by atoms with Crippen LogP contribution in [0.2, 0.25) is 0 Å². The standard InChI is InChI=1S/C16H24N2O4/c1-12(16(19)20)18-6-4-17(5-7-18)11-13-8-14(21-2)10-15(9-13)22-3/h8-10,12H,4-7,11H2,1-3H3,(H,19,20)/t12-/m0/s1. The van der Waals surface area contributed by atoms with E-state index in [0.29, 0.717) is 0 Å². The van der Waals surface area contributed by atoms with Crippen molar-refractivity contribution >= 4 is 5.97 Å². The average Bonchev–Trinajstić information content (AvgIpc) is 2.54. The average molecular weight is 308 g/mol. The second kappa shape index (κ2) is 7.47. The second-order valence-electron chi connectivity index (χ2n) is 5.55. The third kappa shape index (κ3) is 4.11. The van der Waals surface area contributed by atoms with Crippen LogP contribution < -0.4 is 9.47 Å². The van der Waals surface area contributed by atoms with Crippen molar-refractivity contribution in [3.63, 3.8) is 0 Å². The molecule has 1 N–H and O–H groups in total. The zero-order valence-electron chi connectivity index (χ0n) is 13.4. The van der Waals surface area contributed by atoms with Gasteiger partial charge in [0.2, 0.25) is 0 Å². The number of ether oxygens (including phenoxy) is 2. The number of rotatable bonds is 6. The van der Waals surface area contributed by atoms with Gasteiger partial charge in [-0.15, -0.1) is 0 Å². The largest absolute Gasteiger partial charge is 0.497 e. The molecule has 1 fully saturated rings. The molecule has 22 heavy (non-hydrogen) atoms. The van der Waals surface area contributed by atoms with Crippen molar-refractivity contribution in [3.8, 4) is 11.5 Å². The van der Waals surface area contributed by atoms with E-state index in [0.717, 1.165) is 49.8 Å². The minimum atomic E-state index is -0.758. The molecule has 1 saturated heterocycles. The maximum absolute atomic E-state index is 11.0. The quantitative estimate of drug-likeness (QED) is 0.854. The molecule has 1 aromatic rings. The Hall–Kier alpha value is -1.79. The van der Waals surface area contributed by atoms with E-state index in [9.17, 15) is 4.79 Å². The lowest BCUT2D eigenvalue weighted by atomic mass is 10.1. The molecule has 1 aliphatic heterocycles. The van der Waals surface area contributed by atoms with Crippen molar-refractivity contribution in [1.82, 2.24) is 9.80 Å². The van der Waals surface area contributed by atoms with Crippen molar-refractivity contribution in [2.75, 3.05) is 40.4 Å². The van der Waals surface area contributed by atoms with Crippen molar-refractivity contribution in [2.45, 2.75) is 19.5 Å². The van der Waals surface area contributed by atoms with Gasteiger partial charge in [-0.1, -0.05) is 0 Å². The van der Waals surface area contributed by atoms with E-state index in [1.165, 1.54) is 0 Å². The molecule has 0 amide bonds. The van der Waals surface area contributed by atoms with Gasteiger partial charge in [-0.05, 0) is 24.6 Å². The van der Waals surface area contributed by atoms with Gasteiger partial charge in [-0.25, -0.2) is 0 Å². The topological polar surface area (TPSA) is 62.2 Å². The number of hydrogen-bond acceptors (Lipinski definition) is 5. The highest BCUT2D eigenvalue weighted by molar-refractivity contribution is 5.72. The molecule has 0 spiro atoms. The molecule has 1 atom stereocenters. The van der Waals surface area contributed by atoms with Crippen molar-refractivity contribution in [3.05, 3.63) is 23.8 Å². The van der Waals surface area contributed by atoms with Crippen molar-refractivity contribution in [1.29, 1.82) is 0 Å². The Morgan fingerprint density at radius 3 is 2.14 bits per heavy atom. The maximum atomic E-state index is 11.0. The summed E-state index contributed by atoms with van der Waals surface area (Å²) in [6, 6.07) is 5.46. The van der Waals surface area contributed by atoms with Gasteiger partial charge in [-0.3, -0.25) is 14.6 Å². The van der Waals surface area contributed by atoms with Crippen LogP contribution in [0.25, 0.3) is 0 Å². The van der Waals surface area contributed by atoms with Crippen molar-refractivity contribution in [2.24, 2.45) is 0 Å². The van der Waals surface area contributed by atoms with Gasteiger partial charge in [0, 0.05) is 38.8 Å². The summed E-state index contributed by atoms with van der Waals surface area (Å²) in [4.78, 5) is 15.4. The second-order valence-corrected chi connectivity index (χ2v) is 5.55. The van der Waals surface area contributed by atoms with Gasteiger partial charge < -0.3 is 14.6 Å². The Morgan fingerprint density at radius 2 is 1.68 bits per heavy atom. The number of methoxy groups -OCH3 is 2. The summed E-state index contributed by atoms with van der Waals surface area (Å²) in [6.07, 6.45) is 0. The van der Waals surface area contributed by atoms with Gasteiger partial charge in [0.25, 0.3) is 0 Å². The molecule has 0 unspecified atom stereocenters. The number of benzene rings is 1. The van der Waals surface area contributed by atoms with E-state index < -0.39 is 12.0 Å². The molecular formula is C16H24N2O4. The molecule has 0 aromatic heterocycles. The fourth-order valence-corrected chi connectivity index (χ4v) is 2.68. The predicted octanol–water partition coefficient (Wildman–Crippen LogP) is 1.29. The smallest absolute Gasteiger partial charge is 0.320 e. The first-order valence-corrected chi connectivity index (χ1v) is 7.44. The fourth-order valence-electron chi connectivity index (χ4n) is 2.68. The van der Waals surface area contributed by atoms with Crippen molar-refractivity contribution < 1.29 is 19.4 Å². The first-order valence-electron chi connectivity index (χ1n) is 7.44. The lowest BCUT2D eigenvalue weighted by Crippen LogP contribution is -2.51. The normalized spacial score (nSPS) is 18.0. The maximum Gasteiger partial charge on any atom is 0.320 e. The highest BCUT2D eigenvalue weighted by Crippen LogP contribution is 2.23. The van der Waals surface area contributed by atoms with Gasteiger partial charge in [0.05, 0.1) is 14.2 Å². The zero-order valence-corrected chi connectivity index (χ0v) is 13.4. The Labute approximate surface area is 131 Å². The van der Waals surface area contributed by atoms with E-state index in [-0.39, 0.29) is 0 Å². The number of aliphatic carboxylic acids is 1. The first kappa shape index (κ1) is 16.6. The molecule has 1 heterocycles. The van der Waals surface area contributed by atoms with Gasteiger partial charge in [-0.2, -0.15) is 0 Å². The molecule has 6 nitrogen and oxygen atoms in total. The first-order chi connectivity index (χ1) is 10.5. The monoisotopic (exact) mass is 308 g/mol. The summed E-state index contributed by atoms with van der Waals surface area (Å²) >= 11 is 0. The number of carboxylic acid groups (broad SMARTS) is 1.